The van der Waals surface area contributed by atoms with Crippen LogP contribution in [-0.4, -0.2) is 24.9 Å². The maximum absolute atomic E-state index is 11.7. The number of rotatable bonds is 7. The predicted octanol–water partition coefficient (Wildman–Crippen LogP) is 2.37. The first-order valence-electron chi connectivity index (χ1n) is 5.17. The van der Waals surface area contributed by atoms with Crippen LogP contribution in [0.15, 0.2) is 0 Å². The van der Waals surface area contributed by atoms with E-state index in [2.05, 4.69) is 0 Å². The predicted molar refractivity (Wildman–Crippen MR) is 53.5 cm³/mol. The average Bonchev–Trinajstić information content (AvgIpc) is 2.21. The van der Waals surface area contributed by atoms with Gasteiger partial charge in [-0.1, -0.05) is 6.92 Å². The summed E-state index contributed by atoms with van der Waals surface area (Å²) in [5.74, 6) is 0. The largest absolute Gasteiger partial charge is 0.391 e. The van der Waals surface area contributed by atoms with Gasteiger partial charge >= 0.3 is 6.18 Å². The van der Waals surface area contributed by atoms with E-state index >= 15 is 0 Å². The molecule has 0 aromatic rings. The molecule has 0 fully saturated rings. The Morgan fingerprint density at radius 1 is 1.25 bits per heavy atom. The molecule has 0 bridgehead atoms. The molecule has 0 aliphatic carbocycles. The van der Waals surface area contributed by atoms with E-state index in [1.165, 1.54) is 0 Å². The molecule has 0 rings (SSSR count). The fourth-order valence-electron chi connectivity index (χ4n) is 1.09. The minimum Gasteiger partial charge on any atom is -0.381 e. The van der Waals surface area contributed by atoms with Gasteiger partial charge in [-0.15, -0.1) is 0 Å². The maximum atomic E-state index is 11.7. The Morgan fingerprint density at radius 2 is 1.88 bits per heavy atom. The molecule has 1 unspecified atom stereocenters. The summed E-state index contributed by atoms with van der Waals surface area (Å²) in [6.07, 6.45) is -3.66. The third-order valence-electron chi connectivity index (χ3n) is 2.30. The number of nitrogens with two attached hydrogens (primary N) is 1. The number of hydrogen-bond donors (Lipinski definition) is 1. The van der Waals surface area contributed by atoms with E-state index in [-0.39, 0.29) is 13.2 Å². The molecule has 0 aliphatic rings. The second kappa shape index (κ2) is 6.71. The molecule has 2 N–H and O–H groups in total. The van der Waals surface area contributed by atoms with Crippen molar-refractivity contribution in [2.75, 3.05) is 13.2 Å². The zero-order chi connectivity index (χ0) is 12.7. The smallest absolute Gasteiger partial charge is 0.381 e. The molecule has 3 nitrogen and oxygen atoms in total. The molecule has 6 heteroatoms. The Balaban J connectivity index is 3.52. The van der Waals surface area contributed by atoms with Crippen molar-refractivity contribution in [3.63, 3.8) is 0 Å². The number of nitriles is 1. The van der Waals surface area contributed by atoms with Crippen LogP contribution in [-0.2, 0) is 4.74 Å². The number of ether oxygens (including phenoxy) is 1. The van der Waals surface area contributed by atoms with E-state index < -0.39 is 18.1 Å². The van der Waals surface area contributed by atoms with Gasteiger partial charge in [0.15, 0.2) is 0 Å². The molecule has 0 spiro atoms. The fraction of sp³-hybridized carbons (Fsp3) is 0.900. The molecule has 0 radical (unpaired) electrons. The molecular formula is C10H17F3N2O. The lowest BCUT2D eigenvalue weighted by Crippen LogP contribution is -2.37. The van der Waals surface area contributed by atoms with Crippen molar-refractivity contribution in [2.24, 2.45) is 5.73 Å². The molecule has 0 saturated carbocycles. The summed E-state index contributed by atoms with van der Waals surface area (Å²) >= 11 is 0. The van der Waals surface area contributed by atoms with Crippen LogP contribution in [0.3, 0.4) is 0 Å². The molecular weight excluding hydrogens is 221 g/mol. The summed E-state index contributed by atoms with van der Waals surface area (Å²) in [7, 11) is 0. The van der Waals surface area contributed by atoms with Crippen LogP contribution in [0.4, 0.5) is 13.2 Å². The van der Waals surface area contributed by atoms with Gasteiger partial charge in [-0.25, -0.2) is 0 Å². The highest BCUT2D eigenvalue weighted by Gasteiger charge is 2.26. The summed E-state index contributed by atoms with van der Waals surface area (Å²) in [4.78, 5) is 0. The Morgan fingerprint density at radius 3 is 2.31 bits per heavy atom. The molecule has 0 saturated heterocycles. The summed E-state index contributed by atoms with van der Waals surface area (Å²) in [6, 6.07) is 1.99. The number of hydrogen-bond acceptors (Lipinski definition) is 3. The van der Waals surface area contributed by atoms with Crippen molar-refractivity contribution in [1.82, 2.24) is 0 Å². The third kappa shape index (κ3) is 7.49. The van der Waals surface area contributed by atoms with E-state index in [0.29, 0.717) is 19.3 Å². The summed E-state index contributed by atoms with van der Waals surface area (Å²) in [6.45, 7) is 1.67. The first-order valence-corrected chi connectivity index (χ1v) is 5.17. The van der Waals surface area contributed by atoms with Crippen molar-refractivity contribution >= 4 is 0 Å². The molecule has 0 amide bonds. The Bertz CT molecular complexity index is 237. The van der Waals surface area contributed by atoms with Gasteiger partial charge < -0.3 is 10.5 Å². The Labute approximate surface area is 93.4 Å². The molecule has 0 aliphatic heterocycles. The van der Waals surface area contributed by atoms with E-state index in [1.807, 2.05) is 6.07 Å². The standard InChI is InChI=1S/C10H17F3N2O/c1-2-9(15,8-14)4-3-6-16-7-5-10(11,12)13/h2-7,15H2,1H3. The van der Waals surface area contributed by atoms with Crippen molar-refractivity contribution < 1.29 is 17.9 Å². The topological polar surface area (TPSA) is 59.0 Å². The quantitative estimate of drug-likeness (QED) is 0.693. The summed E-state index contributed by atoms with van der Waals surface area (Å²) < 4.78 is 40.0. The lowest BCUT2D eigenvalue weighted by atomic mass is 9.94. The third-order valence-corrected chi connectivity index (χ3v) is 2.30. The van der Waals surface area contributed by atoms with Gasteiger partial charge in [0.05, 0.1) is 19.1 Å². The van der Waals surface area contributed by atoms with Crippen molar-refractivity contribution in [2.45, 2.75) is 44.3 Å². The highest BCUT2D eigenvalue weighted by molar-refractivity contribution is 5.03. The zero-order valence-electron chi connectivity index (χ0n) is 9.31. The van der Waals surface area contributed by atoms with Crippen LogP contribution in [0, 0.1) is 11.3 Å². The maximum Gasteiger partial charge on any atom is 0.391 e. The van der Waals surface area contributed by atoms with Crippen LogP contribution in [0.2, 0.25) is 0 Å². The summed E-state index contributed by atoms with van der Waals surface area (Å²) in [5, 5.41) is 8.73. The summed E-state index contributed by atoms with van der Waals surface area (Å²) in [5.41, 5.74) is 4.80. The first kappa shape index (κ1) is 15.2. The highest BCUT2D eigenvalue weighted by atomic mass is 19.4. The number of nitrogens with zero attached hydrogens (tertiary/aromatic N) is 1. The minimum absolute atomic E-state index is 0.205. The fourth-order valence-corrected chi connectivity index (χ4v) is 1.09. The Hall–Kier alpha value is -0.800. The van der Waals surface area contributed by atoms with Crippen LogP contribution in [0.1, 0.15) is 32.6 Å². The zero-order valence-corrected chi connectivity index (χ0v) is 9.31. The van der Waals surface area contributed by atoms with E-state index in [0.717, 1.165) is 0 Å². The van der Waals surface area contributed by atoms with Gasteiger partial charge in [-0.05, 0) is 19.3 Å². The van der Waals surface area contributed by atoms with E-state index in [4.69, 9.17) is 15.7 Å². The molecule has 0 aromatic heterocycles. The van der Waals surface area contributed by atoms with Crippen molar-refractivity contribution in [3.05, 3.63) is 0 Å². The van der Waals surface area contributed by atoms with Gasteiger partial charge in [-0.2, -0.15) is 18.4 Å². The van der Waals surface area contributed by atoms with Gasteiger partial charge in [0.25, 0.3) is 0 Å². The highest BCUT2D eigenvalue weighted by Crippen LogP contribution is 2.19. The van der Waals surface area contributed by atoms with E-state index in [1.54, 1.807) is 6.92 Å². The monoisotopic (exact) mass is 238 g/mol. The lowest BCUT2D eigenvalue weighted by molar-refractivity contribution is -0.145. The number of halogens is 3. The van der Waals surface area contributed by atoms with Crippen LogP contribution >= 0.6 is 0 Å². The van der Waals surface area contributed by atoms with Crippen LogP contribution < -0.4 is 5.73 Å². The Kier molecular flexibility index (Phi) is 6.38. The number of alkyl halides is 3. The van der Waals surface area contributed by atoms with E-state index in [9.17, 15) is 13.2 Å². The van der Waals surface area contributed by atoms with Crippen molar-refractivity contribution in [3.8, 4) is 6.07 Å². The van der Waals surface area contributed by atoms with Gasteiger partial charge in [0, 0.05) is 6.61 Å². The SMILES string of the molecule is CCC(N)(C#N)CCCOCCC(F)(F)F. The van der Waals surface area contributed by atoms with Crippen molar-refractivity contribution in [1.29, 1.82) is 5.26 Å². The second-order valence-corrected chi connectivity index (χ2v) is 3.70. The van der Waals surface area contributed by atoms with Crippen LogP contribution in [0.25, 0.3) is 0 Å². The second-order valence-electron chi connectivity index (χ2n) is 3.70. The molecule has 0 heterocycles. The lowest BCUT2D eigenvalue weighted by Gasteiger charge is -2.18. The molecule has 94 valence electrons. The molecule has 1 atom stereocenters. The normalized spacial score (nSPS) is 15.5. The van der Waals surface area contributed by atoms with Gasteiger partial charge in [0.1, 0.15) is 5.54 Å². The molecule has 16 heavy (non-hydrogen) atoms. The van der Waals surface area contributed by atoms with Gasteiger partial charge in [-0.3, -0.25) is 0 Å². The first-order chi connectivity index (χ1) is 7.33. The van der Waals surface area contributed by atoms with Gasteiger partial charge in [0.2, 0.25) is 0 Å². The average molecular weight is 238 g/mol. The van der Waals surface area contributed by atoms with Crippen LogP contribution in [0.5, 0.6) is 0 Å². The minimum atomic E-state index is -4.17. The molecule has 0 aromatic carbocycles.